The van der Waals surface area contributed by atoms with Crippen molar-refractivity contribution in [3.05, 3.63) is 59.1 Å². The lowest BCUT2D eigenvalue weighted by Crippen LogP contribution is -2.42. The molecule has 2 aromatic carbocycles. The third-order valence-corrected chi connectivity index (χ3v) is 7.44. The van der Waals surface area contributed by atoms with Gasteiger partial charge in [-0.2, -0.15) is 0 Å². The first-order valence-electron chi connectivity index (χ1n) is 10.4. The van der Waals surface area contributed by atoms with Gasteiger partial charge in [-0.1, -0.05) is 69.0 Å². The molecule has 1 N–H and O–H groups in total. The number of amides is 1. The van der Waals surface area contributed by atoms with E-state index >= 15 is 0 Å². The Kier molecular flexibility index (Phi) is 9.18. The predicted molar refractivity (Wildman–Crippen MR) is 123 cm³/mol. The summed E-state index contributed by atoms with van der Waals surface area (Å²) in [5, 5.41) is 3.37. The second-order valence-electron chi connectivity index (χ2n) is 7.43. The molecule has 0 saturated heterocycles. The molecule has 7 heteroatoms. The molecule has 0 unspecified atom stereocenters. The van der Waals surface area contributed by atoms with Gasteiger partial charge in [-0.3, -0.25) is 9.10 Å². The van der Waals surface area contributed by atoms with E-state index in [0.29, 0.717) is 28.7 Å². The standard InChI is InChI=1S/C23H31ClN2O3S/c1-4-6-11-19(5-2)16-25-23(27)17-26(22-15-10-14-21(24)18(22)3)30(28,29)20-12-8-7-9-13-20/h7-10,12-15,19H,4-6,11,16-17H2,1-3H3,(H,25,27)/t19-/m1/s1. The Labute approximate surface area is 185 Å². The van der Waals surface area contributed by atoms with Gasteiger partial charge in [-0.25, -0.2) is 8.42 Å². The lowest BCUT2D eigenvalue weighted by Gasteiger charge is -2.26. The lowest BCUT2D eigenvalue weighted by molar-refractivity contribution is -0.119. The van der Waals surface area contributed by atoms with Crippen LogP contribution in [0, 0.1) is 12.8 Å². The molecule has 164 valence electrons. The van der Waals surface area contributed by atoms with Crippen LogP contribution in [0.5, 0.6) is 0 Å². The number of sulfonamides is 1. The number of carbonyl (C=O) groups excluding carboxylic acids is 1. The van der Waals surface area contributed by atoms with Crippen molar-refractivity contribution in [1.82, 2.24) is 5.32 Å². The van der Waals surface area contributed by atoms with Gasteiger partial charge in [0.2, 0.25) is 5.91 Å². The first kappa shape index (κ1) is 24.2. The Balaban J connectivity index is 2.29. The highest BCUT2D eigenvalue weighted by atomic mass is 35.5. The molecule has 2 aromatic rings. The topological polar surface area (TPSA) is 66.5 Å². The number of carbonyl (C=O) groups is 1. The molecule has 0 heterocycles. The predicted octanol–water partition coefficient (Wildman–Crippen LogP) is 5.18. The van der Waals surface area contributed by atoms with Crippen molar-refractivity contribution in [1.29, 1.82) is 0 Å². The molecule has 0 fully saturated rings. The van der Waals surface area contributed by atoms with Crippen LogP contribution in [0.15, 0.2) is 53.4 Å². The molecule has 30 heavy (non-hydrogen) atoms. The molecule has 0 aliphatic carbocycles. The number of halogens is 1. The zero-order valence-corrected chi connectivity index (χ0v) is 19.5. The second kappa shape index (κ2) is 11.4. The molecule has 0 aromatic heterocycles. The minimum absolute atomic E-state index is 0.131. The van der Waals surface area contributed by atoms with E-state index in [9.17, 15) is 13.2 Å². The van der Waals surface area contributed by atoms with Crippen molar-refractivity contribution in [2.24, 2.45) is 5.92 Å². The van der Waals surface area contributed by atoms with Gasteiger partial charge >= 0.3 is 0 Å². The molecule has 0 saturated carbocycles. The minimum Gasteiger partial charge on any atom is -0.354 e. The molecule has 0 radical (unpaired) electrons. The summed E-state index contributed by atoms with van der Waals surface area (Å²) in [6.07, 6.45) is 4.25. The maximum absolute atomic E-state index is 13.4. The van der Waals surface area contributed by atoms with Gasteiger partial charge in [0.05, 0.1) is 10.6 Å². The van der Waals surface area contributed by atoms with Crippen molar-refractivity contribution in [3.8, 4) is 0 Å². The Morgan fingerprint density at radius 3 is 2.43 bits per heavy atom. The van der Waals surface area contributed by atoms with E-state index < -0.39 is 10.0 Å². The summed E-state index contributed by atoms with van der Waals surface area (Å²) < 4.78 is 27.9. The number of unbranched alkanes of at least 4 members (excludes halogenated alkanes) is 1. The van der Waals surface area contributed by atoms with Crippen LogP contribution in [-0.4, -0.2) is 27.4 Å². The molecule has 0 aliphatic heterocycles. The van der Waals surface area contributed by atoms with Crippen LogP contribution < -0.4 is 9.62 Å². The van der Waals surface area contributed by atoms with E-state index in [1.807, 2.05) is 0 Å². The maximum atomic E-state index is 13.4. The monoisotopic (exact) mass is 450 g/mol. The van der Waals surface area contributed by atoms with Gasteiger partial charge in [0.25, 0.3) is 10.0 Å². The molecule has 5 nitrogen and oxygen atoms in total. The van der Waals surface area contributed by atoms with Crippen LogP contribution >= 0.6 is 11.6 Å². The van der Waals surface area contributed by atoms with Crippen molar-refractivity contribution >= 4 is 33.2 Å². The average Bonchev–Trinajstić information content (AvgIpc) is 2.75. The minimum atomic E-state index is -3.93. The van der Waals surface area contributed by atoms with Crippen LogP contribution in [0.3, 0.4) is 0 Å². The van der Waals surface area contributed by atoms with Crippen molar-refractivity contribution in [2.45, 2.75) is 51.3 Å². The molecule has 1 atom stereocenters. The van der Waals surface area contributed by atoms with Crippen LogP contribution in [0.2, 0.25) is 5.02 Å². The summed E-state index contributed by atoms with van der Waals surface area (Å²) in [6.45, 7) is 6.24. The van der Waals surface area contributed by atoms with Crippen molar-refractivity contribution < 1.29 is 13.2 Å². The van der Waals surface area contributed by atoms with Crippen molar-refractivity contribution in [3.63, 3.8) is 0 Å². The highest BCUT2D eigenvalue weighted by Crippen LogP contribution is 2.30. The van der Waals surface area contributed by atoms with E-state index in [1.54, 1.807) is 43.3 Å². The number of benzene rings is 2. The van der Waals surface area contributed by atoms with Crippen LogP contribution in [0.4, 0.5) is 5.69 Å². The fourth-order valence-corrected chi connectivity index (χ4v) is 4.94. The fourth-order valence-electron chi connectivity index (χ4n) is 3.27. The quantitative estimate of drug-likeness (QED) is 0.513. The highest BCUT2D eigenvalue weighted by Gasteiger charge is 2.28. The van der Waals surface area contributed by atoms with E-state index in [1.165, 1.54) is 12.1 Å². The van der Waals surface area contributed by atoms with Gasteiger partial charge in [0.1, 0.15) is 6.54 Å². The summed E-state index contributed by atoms with van der Waals surface area (Å²) in [6, 6.07) is 13.2. The smallest absolute Gasteiger partial charge is 0.264 e. The summed E-state index contributed by atoms with van der Waals surface area (Å²) in [5.41, 5.74) is 1.01. The van der Waals surface area contributed by atoms with Crippen molar-refractivity contribution in [2.75, 3.05) is 17.4 Å². The molecule has 0 aliphatic rings. The molecular weight excluding hydrogens is 420 g/mol. The van der Waals surface area contributed by atoms with Crippen LogP contribution in [-0.2, 0) is 14.8 Å². The average molecular weight is 451 g/mol. The number of hydrogen-bond acceptors (Lipinski definition) is 3. The number of nitrogens with one attached hydrogen (secondary N) is 1. The molecule has 1 amide bonds. The maximum Gasteiger partial charge on any atom is 0.264 e. The van der Waals surface area contributed by atoms with Gasteiger partial charge < -0.3 is 5.32 Å². The normalized spacial score (nSPS) is 12.4. The van der Waals surface area contributed by atoms with Gasteiger partial charge in [0.15, 0.2) is 0 Å². The van der Waals surface area contributed by atoms with Gasteiger partial charge in [-0.05, 0) is 49.1 Å². The SMILES string of the molecule is CCCC[C@@H](CC)CNC(=O)CN(c1cccc(Cl)c1C)S(=O)(=O)c1ccccc1. The fraction of sp³-hybridized carbons (Fsp3) is 0.435. The zero-order chi connectivity index (χ0) is 22.1. The Bertz CT molecular complexity index is 933. The number of hydrogen-bond donors (Lipinski definition) is 1. The Hall–Kier alpha value is -2.05. The van der Waals surface area contributed by atoms with E-state index in [0.717, 1.165) is 30.0 Å². The second-order valence-corrected chi connectivity index (χ2v) is 9.70. The summed E-state index contributed by atoms with van der Waals surface area (Å²) in [7, 11) is -3.93. The molecule has 2 rings (SSSR count). The summed E-state index contributed by atoms with van der Waals surface area (Å²) >= 11 is 6.24. The Morgan fingerprint density at radius 2 is 1.80 bits per heavy atom. The van der Waals surface area contributed by atoms with Gasteiger partial charge in [0, 0.05) is 11.6 Å². The molecule has 0 bridgehead atoms. The van der Waals surface area contributed by atoms with Crippen LogP contribution in [0.1, 0.15) is 45.1 Å². The third kappa shape index (κ3) is 6.22. The first-order valence-corrected chi connectivity index (χ1v) is 12.2. The lowest BCUT2D eigenvalue weighted by atomic mass is 9.99. The largest absolute Gasteiger partial charge is 0.354 e. The van der Waals surface area contributed by atoms with E-state index in [-0.39, 0.29) is 17.3 Å². The summed E-state index contributed by atoms with van der Waals surface area (Å²) in [4.78, 5) is 12.9. The highest BCUT2D eigenvalue weighted by molar-refractivity contribution is 7.92. The van der Waals surface area contributed by atoms with Gasteiger partial charge in [-0.15, -0.1) is 0 Å². The molecular formula is C23H31ClN2O3S. The zero-order valence-electron chi connectivity index (χ0n) is 17.9. The van der Waals surface area contributed by atoms with E-state index in [2.05, 4.69) is 19.2 Å². The third-order valence-electron chi connectivity index (χ3n) is 5.26. The summed E-state index contributed by atoms with van der Waals surface area (Å²) in [5.74, 6) is 0.0600. The first-order chi connectivity index (χ1) is 14.3. The van der Waals surface area contributed by atoms with E-state index in [4.69, 9.17) is 11.6 Å². The molecule has 0 spiro atoms. The van der Waals surface area contributed by atoms with Crippen LogP contribution in [0.25, 0.3) is 0 Å². The number of nitrogens with zero attached hydrogens (tertiary/aromatic N) is 1. The number of anilines is 1. The number of rotatable bonds is 11. The Morgan fingerprint density at radius 1 is 1.10 bits per heavy atom.